The molecule has 1 aromatic heterocycles. The Kier molecular flexibility index (Phi) is 4.47. The van der Waals surface area contributed by atoms with Crippen LogP contribution in [0.15, 0.2) is 16.7 Å². The van der Waals surface area contributed by atoms with E-state index in [2.05, 4.69) is 10.2 Å². The highest BCUT2D eigenvalue weighted by molar-refractivity contribution is 5.97. The maximum absolute atomic E-state index is 12.3. The van der Waals surface area contributed by atoms with Gasteiger partial charge in [0, 0.05) is 25.7 Å². The topological polar surface area (TPSA) is 65.8 Å². The second kappa shape index (κ2) is 6.52. The summed E-state index contributed by atoms with van der Waals surface area (Å²) in [6.45, 7) is 5.44. The summed E-state index contributed by atoms with van der Waals surface area (Å²) in [5.74, 6) is 0.316. The number of piperidine rings is 1. The van der Waals surface area contributed by atoms with Crippen LogP contribution in [0.5, 0.6) is 0 Å². The average Bonchev–Trinajstić information content (AvgIpc) is 2.98. The summed E-state index contributed by atoms with van der Waals surface area (Å²) in [4.78, 5) is 28.7. The fraction of sp³-hybridized carbons (Fsp3) is 0.625. The highest BCUT2D eigenvalue weighted by Gasteiger charge is 2.30. The van der Waals surface area contributed by atoms with Gasteiger partial charge in [0.05, 0.1) is 18.4 Å². The van der Waals surface area contributed by atoms with Gasteiger partial charge in [-0.2, -0.15) is 0 Å². The number of hydrogen-bond donors (Lipinski definition) is 1. The Bertz CT molecular complexity index is 555. The Labute approximate surface area is 130 Å². The van der Waals surface area contributed by atoms with Crippen LogP contribution < -0.4 is 5.32 Å². The highest BCUT2D eigenvalue weighted by Crippen LogP contribution is 2.21. The monoisotopic (exact) mass is 305 g/mol. The molecule has 0 saturated carbocycles. The summed E-state index contributed by atoms with van der Waals surface area (Å²) in [6.07, 6.45) is 5.17. The number of fused-ring (bicyclic) bond motifs is 1. The number of furan rings is 1. The number of piperazine rings is 1. The van der Waals surface area contributed by atoms with Crippen molar-refractivity contribution in [3.05, 3.63) is 23.7 Å². The van der Waals surface area contributed by atoms with Crippen LogP contribution >= 0.6 is 0 Å². The molecule has 2 aliphatic heterocycles. The molecule has 120 valence electrons. The van der Waals surface area contributed by atoms with Crippen molar-refractivity contribution in [3.63, 3.8) is 0 Å². The zero-order valence-electron chi connectivity index (χ0n) is 13.0. The third kappa shape index (κ3) is 3.16. The standard InChI is InChI=1S/C16H23N3O3/c1-12-14(5-9-22-12)16(21)17-10-15(20)19-8-7-18-6-3-2-4-13(18)11-19/h5,9,13H,2-4,6-8,10-11H2,1H3,(H,17,21). The second-order valence-corrected chi connectivity index (χ2v) is 6.10. The quantitative estimate of drug-likeness (QED) is 0.905. The molecule has 1 unspecified atom stereocenters. The van der Waals surface area contributed by atoms with Gasteiger partial charge < -0.3 is 14.6 Å². The Balaban J connectivity index is 1.50. The molecule has 3 rings (SSSR count). The van der Waals surface area contributed by atoms with Crippen LogP contribution in [0.3, 0.4) is 0 Å². The van der Waals surface area contributed by atoms with Gasteiger partial charge in [0.1, 0.15) is 5.76 Å². The van der Waals surface area contributed by atoms with E-state index >= 15 is 0 Å². The van der Waals surface area contributed by atoms with Crippen molar-refractivity contribution in [1.82, 2.24) is 15.1 Å². The van der Waals surface area contributed by atoms with Crippen LogP contribution in [0, 0.1) is 6.92 Å². The molecule has 6 heteroatoms. The molecule has 22 heavy (non-hydrogen) atoms. The second-order valence-electron chi connectivity index (χ2n) is 6.10. The fourth-order valence-electron chi connectivity index (χ4n) is 3.37. The van der Waals surface area contributed by atoms with E-state index < -0.39 is 0 Å². The molecule has 0 radical (unpaired) electrons. The minimum atomic E-state index is -0.254. The lowest BCUT2D eigenvalue weighted by Crippen LogP contribution is -2.57. The molecule has 1 N–H and O–H groups in total. The third-order valence-electron chi connectivity index (χ3n) is 4.69. The van der Waals surface area contributed by atoms with E-state index in [9.17, 15) is 9.59 Å². The van der Waals surface area contributed by atoms with Gasteiger partial charge in [-0.15, -0.1) is 0 Å². The first-order valence-electron chi connectivity index (χ1n) is 7.99. The summed E-state index contributed by atoms with van der Waals surface area (Å²) in [5.41, 5.74) is 0.491. The van der Waals surface area contributed by atoms with Crippen LogP contribution in [-0.4, -0.2) is 60.4 Å². The Morgan fingerprint density at radius 2 is 2.18 bits per heavy atom. The van der Waals surface area contributed by atoms with Crippen LogP contribution in [0.25, 0.3) is 0 Å². The van der Waals surface area contributed by atoms with Gasteiger partial charge in [-0.25, -0.2) is 0 Å². The zero-order chi connectivity index (χ0) is 15.5. The van der Waals surface area contributed by atoms with Gasteiger partial charge in [-0.1, -0.05) is 6.42 Å². The molecule has 0 aromatic carbocycles. The minimum absolute atomic E-state index is 0.000258. The predicted octanol–water partition coefficient (Wildman–Crippen LogP) is 1.01. The van der Waals surface area contributed by atoms with Gasteiger partial charge >= 0.3 is 0 Å². The molecular weight excluding hydrogens is 282 g/mol. The van der Waals surface area contributed by atoms with Crippen LogP contribution in [0.4, 0.5) is 0 Å². The van der Waals surface area contributed by atoms with Crippen LogP contribution in [0.1, 0.15) is 35.4 Å². The Morgan fingerprint density at radius 1 is 1.32 bits per heavy atom. The number of aryl methyl sites for hydroxylation is 1. The van der Waals surface area contributed by atoms with Crippen molar-refractivity contribution in [2.45, 2.75) is 32.2 Å². The molecule has 3 heterocycles. The zero-order valence-corrected chi connectivity index (χ0v) is 13.0. The number of nitrogens with one attached hydrogen (secondary N) is 1. The molecule has 0 aliphatic carbocycles. The number of amides is 2. The van der Waals surface area contributed by atoms with Crippen LogP contribution in [0.2, 0.25) is 0 Å². The van der Waals surface area contributed by atoms with Crippen molar-refractivity contribution in [2.75, 3.05) is 32.7 Å². The van der Waals surface area contributed by atoms with Crippen molar-refractivity contribution in [2.24, 2.45) is 0 Å². The van der Waals surface area contributed by atoms with Gasteiger partial charge in [-0.3, -0.25) is 14.5 Å². The first kappa shape index (κ1) is 15.1. The van der Waals surface area contributed by atoms with Crippen molar-refractivity contribution < 1.29 is 14.0 Å². The SMILES string of the molecule is Cc1occc1C(=O)NCC(=O)N1CCN2CCCCC2C1. The lowest BCUT2D eigenvalue weighted by molar-refractivity contribution is -0.133. The molecule has 1 aromatic rings. The molecule has 0 spiro atoms. The van der Waals surface area contributed by atoms with E-state index in [-0.39, 0.29) is 18.4 Å². The van der Waals surface area contributed by atoms with Crippen molar-refractivity contribution in [3.8, 4) is 0 Å². The van der Waals surface area contributed by atoms with Gasteiger partial charge in [0.15, 0.2) is 0 Å². The normalized spacial score (nSPS) is 22.2. The highest BCUT2D eigenvalue weighted by atomic mass is 16.3. The predicted molar refractivity (Wildman–Crippen MR) is 81.6 cm³/mol. The van der Waals surface area contributed by atoms with E-state index in [0.29, 0.717) is 17.4 Å². The summed E-state index contributed by atoms with van der Waals surface area (Å²) >= 11 is 0. The lowest BCUT2D eigenvalue weighted by atomic mass is 9.99. The molecule has 2 fully saturated rings. The molecule has 2 aliphatic rings. The molecular formula is C16H23N3O3. The van der Waals surface area contributed by atoms with Crippen molar-refractivity contribution in [1.29, 1.82) is 0 Å². The first-order valence-corrected chi connectivity index (χ1v) is 7.99. The molecule has 1 atom stereocenters. The maximum atomic E-state index is 12.3. The van der Waals surface area contributed by atoms with Gasteiger partial charge in [0.25, 0.3) is 5.91 Å². The molecule has 2 amide bonds. The van der Waals surface area contributed by atoms with Crippen molar-refractivity contribution >= 4 is 11.8 Å². The largest absolute Gasteiger partial charge is 0.469 e. The van der Waals surface area contributed by atoms with E-state index in [1.54, 1.807) is 13.0 Å². The molecule has 2 saturated heterocycles. The number of carbonyl (C=O) groups excluding carboxylic acids is 2. The molecule has 6 nitrogen and oxygen atoms in total. The van der Waals surface area contributed by atoms with Gasteiger partial charge in [0.2, 0.25) is 5.91 Å². The maximum Gasteiger partial charge on any atom is 0.255 e. The smallest absolute Gasteiger partial charge is 0.255 e. The summed E-state index contributed by atoms with van der Waals surface area (Å²) in [7, 11) is 0. The number of hydrogen-bond acceptors (Lipinski definition) is 4. The van der Waals surface area contributed by atoms with Gasteiger partial charge in [-0.05, 0) is 32.4 Å². The van der Waals surface area contributed by atoms with E-state index in [4.69, 9.17) is 4.42 Å². The van der Waals surface area contributed by atoms with E-state index in [0.717, 1.165) is 26.2 Å². The Morgan fingerprint density at radius 3 is 2.95 bits per heavy atom. The first-order chi connectivity index (χ1) is 10.6. The van der Waals surface area contributed by atoms with E-state index in [1.807, 2.05) is 4.90 Å². The fourth-order valence-corrected chi connectivity index (χ4v) is 3.37. The molecule has 0 bridgehead atoms. The number of rotatable bonds is 3. The minimum Gasteiger partial charge on any atom is -0.469 e. The average molecular weight is 305 g/mol. The number of nitrogens with zero attached hydrogens (tertiary/aromatic N) is 2. The lowest BCUT2D eigenvalue weighted by Gasteiger charge is -2.44. The number of carbonyl (C=O) groups is 2. The summed E-state index contributed by atoms with van der Waals surface area (Å²) in [6, 6.07) is 2.12. The van der Waals surface area contributed by atoms with Crippen LogP contribution in [-0.2, 0) is 4.79 Å². The van der Waals surface area contributed by atoms with E-state index in [1.165, 1.54) is 25.5 Å². The third-order valence-corrected chi connectivity index (χ3v) is 4.69. The Hall–Kier alpha value is -1.82. The summed E-state index contributed by atoms with van der Waals surface area (Å²) < 4.78 is 5.11. The summed E-state index contributed by atoms with van der Waals surface area (Å²) in [5, 5.41) is 2.69.